The SMILES string of the molecule is Cc1nc(N)nc2ccc(F)cc12. The van der Waals surface area contributed by atoms with Crippen LogP contribution in [0.25, 0.3) is 10.9 Å². The molecule has 1 heterocycles. The summed E-state index contributed by atoms with van der Waals surface area (Å²) in [6.07, 6.45) is 0. The molecule has 0 bridgehead atoms. The van der Waals surface area contributed by atoms with Gasteiger partial charge in [0.1, 0.15) is 5.82 Å². The highest BCUT2D eigenvalue weighted by atomic mass is 19.1. The Morgan fingerprint density at radius 1 is 1.31 bits per heavy atom. The van der Waals surface area contributed by atoms with Crippen LogP contribution >= 0.6 is 0 Å². The zero-order chi connectivity index (χ0) is 9.42. The van der Waals surface area contributed by atoms with Crippen molar-refractivity contribution in [3.05, 3.63) is 29.7 Å². The smallest absolute Gasteiger partial charge is 0.220 e. The summed E-state index contributed by atoms with van der Waals surface area (Å²) in [5, 5.41) is 0.703. The lowest BCUT2D eigenvalue weighted by Gasteiger charge is -2.01. The van der Waals surface area contributed by atoms with E-state index >= 15 is 0 Å². The van der Waals surface area contributed by atoms with E-state index in [1.807, 2.05) is 0 Å². The summed E-state index contributed by atoms with van der Waals surface area (Å²) in [6.45, 7) is 1.78. The molecule has 2 N–H and O–H groups in total. The molecule has 1 aromatic heterocycles. The van der Waals surface area contributed by atoms with E-state index < -0.39 is 0 Å². The molecule has 0 aliphatic rings. The highest BCUT2D eigenvalue weighted by molar-refractivity contribution is 5.81. The molecule has 0 atom stereocenters. The van der Waals surface area contributed by atoms with E-state index in [2.05, 4.69) is 9.97 Å². The summed E-state index contributed by atoms with van der Waals surface area (Å²) in [7, 11) is 0. The van der Waals surface area contributed by atoms with Gasteiger partial charge in [-0.1, -0.05) is 0 Å². The molecule has 0 aliphatic carbocycles. The lowest BCUT2D eigenvalue weighted by molar-refractivity contribution is 0.629. The maximum absolute atomic E-state index is 12.8. The number of rotatable bonds is 0. The lowest BCUT2D eigenvalue weighted by Crippen LogP contribution is -1.97. The van der Waals surface area contributed by atoms with Crippen LogP contribution in [0.2, 0.25) is 0 Å². The minimum atomic E-state index is -0.288. The Hall–Kier alpha value is -1.71. The third-order valence-corrected chi connectivity index (χ3v) is 1.87. The van der Waals surface area contributed by atoms with Crippen LogP contribution in [0.5, 0.6) is 0 Å². The molecule has 2 aromatic rings. The van der Waals surface area contributed by atoms with Gasteiger partial charge < -0.3 is 5.73 Å². The molecule has 0 aliphatic heterocycles. The Balaban J connectivity index is 2.87. The van der Waals surface area contributed by atoms with Crippen LogP contribution < -0.4 is 5.73 Å². The Bertz CT molecular complexity index is 468. The van der Waals surface area contributed by atoms with Gasteiger partial charge in [0.15, 0.2) is 0 Å². The fourth-order valence-electron chi connectivity index (χ4n) is 1.28. The third kappa shape index (κ3) is 1.30. The van der Waals surface area contributed by atoms with Crippen LogP contribution in [0.1, 0.15) is 5.69 Å². The van der Waals surface area contributed by atoms with Gasteiger partial charge in [0.2, 0.25) is 5.95 Å². The number of halogens is 1. The zero-order valence-corrected chi connectivity index (χ0v) is 7.08. The second kappa shape index (κ2) is 2.65. The number of nitrogens with zero attached hydrogens (tertiary/aromatic N) is 2. The van der Waals surface area contributed by atoms with Crippen molar-refractivity contribution in [2.24, 2.45) is 0 Å². The first-order chi connectivity index (χ1) is 6.16. The zero-order valence-electron chi connectivity index (χ0n) is 7.08. The van der Waals surface area contributed by atoms with E-state index in [-0.39, 0.29) is 11.8 Å². The van der Waals surface area contributed by atoms with Gasteiger partial charge in [-0.05, 0) is 25.1 Å². The molecule has 0 saturated carbocycles. The van der Waals surface area contributed by atoms with Gasteiger partial charge >= 0.3 is 0 Å². The standard InChI is InChI=1S/C9H8FN3/c1-5-7-4-6(10)2-3-8(7)13-9(11)12-5/h2-4H,1H3,(H2,11,12,13). The molecule has 0 unspecified atom stereocenters. The first-order valence-corrected chi connectivity index (χ1v) is 3.86. The molecular weight excluding hydrogens is 169 g/mol. The summed E-state index contributed by atoms with van der Waals surface area (Å²) < 4.78 is 12.8. The minimum Gasteiger partial charge on any atom is -0.368 e. The number of anilines is 1. The number of aryl methyl sites for hydroxylation is 1. The van der Waals surface area contributed by atoms with E-state index in [4.69, 9.17) is 5.73 Å². The minimum absolute atomic E-state index is 0.219. The van der Waals surface area contributed by atoms with Crippen molar-refractivity contribution >= 4 is 16.9 Å². The molecule has 0 amide bonds. The number of aromatic nitrogens is 2. The maximum atomic E-state index is 12.8. The maximum Gasteiger partial charge on any atom is 0.220 e. The second-order valence-corrected chi connectivity index (χ2v) is 2.83. The van der Waals surface area contributed by atoms with E-state index in [0.717, 1.165) is 0 Å². The number of hydrogen-bond donors (Lipinski definition) is 1. The molecule has 0 fully saturated rings. The summed E-state index contributed by atoms with van der Waals surface area (Å²) in [6, 6.07) is 4.36. The van der Waals surface area contributed by atoms with Crippen LogP contribution in [0.3, 0.4) is 0 Å². The van der Waals surface area contributed by atoms with Crippen molar-refractivity contribution in [2.75, 3.05) is 5.73 Å². The van der Waals surface area contributed by atoms with Crippen LogP contribution in [0, 0.1) is 12.7 Å². The van der Waals surface area contributed by atoms with Crippen LogP contribution in [0.15, 0.2) is 18.2 Å². The van der Waals surface area contributed by atoms with Crippen molar-refractivity contribution in [3.8, 4) is 0 Å². The molecule has 1 aromatic carbocycles. The number of nitrogen functional groups attached to an aromatic ring is 1. The van der Waals surface area contributed by atoms with Crippen molar-refractivity contribution < 1.29 is 4.39 Å². The molecule has 0 saturated heterocycles. The molecule has 2 rings (SSSR count). The van der Waals surface area contributed by atoms with Crippen LogP contribution in [-0.4, -0.2) is 9.97 Å². The third-order valence-electron chi connectivity index (χ3n) is 1.87. The normalized spacial score (nSPS) is 10.6. The second-order valence-electron chi connectivity index (χ2n) is 2.83. The molecular formula is C9H8FN3. The lowest BCUT2D eigenvalue weighted by atomic mass is 10.2. The van der Waals surface area contributed by atoms with E-state index in [1.165, 1.54) is 12.1 Å². The predicted octanol–water partition coefficient (Wildman–Crippen LogP) is 1.66. The van der Waals surface area contributed by atoms with Gasteiger partial charge in [0.05, 0.1) is 11.2 Å². The fourth-order valence-corrected chi connectivity index (χ4v) is 1.28. The average Bonchev–Trinajstić information content (AvgIpc) is 2.06. The van der Waals surface area contributed by atoms with Crippen LogP contribution in [0.4, 0.5) is 10.3 Å². The van der Waals surface area contributed by atoms with Gasteiger partial charge in [-0.15, -0.1) is 0 Å². The number of nitrogens with two attached hydrogens (primary N) is 1. The van der Waals surface area contributed by atoms with Crippen molar-refractivity contribution in [3.63, 3.8) is 0 Å². The Morgan fingerprint density at radius 3 is 2.85 bits per heavy atom. The summed E-state index contributed by atoms with van der Waals surface area (Å²) in [5.74, 6) is -0.0689. The first-order valence-electron chi connectivity index (χ1n) is 3.86. The fraction of sp³-hybridized carbons (Fsp3) is 0.111. The number of fused-ring (bicyclic) bond motifs is 1. The highest BCUT2D eigenvalue weighted by Gasteiger charge is 2.02. The molecule has 0 radical (unpaired) electrons. The molecule has 66 valence electrons. The van der Waals surface area contributed by atoms with Gasteiger partial charge in [0.25, 0.3) is 0 Å². The molecule has 0 spiro atoms. The molecule has 4 heteroatoms. The van der Waals surface area contributed by atoms with Gasteiger partial charge in [0, 0.05) is 5.39 Å². The number of hydrogen-bond acceptors (Lipinski definition) is 3. The predicted molar refractivity (Wildman–Crippen MR) is 48.6 cm³/mol. The highest BCUT2D eigenvalue weighted by Crippen LogP contribution is 2.16. The number of benzene rings is 1. The topological polar surface area (TPSA) is 51.8 Å². The largest absolute Gasteiger partial charge is 0.368 e. The van der Waals surface area contributed by atoms with Crippen LogP contribution in [-0.2, 0) is 0 Å². The Labute approximate surface area is 74.4 Å². The van der Waals surface area contributed by atoms with Crippen molar-refractivity contribution in [1.29, 1.82) is 0 Å². The monoisotopic (exact) mass is 177 g/mol. The first kappa shape index (κ1) is 7.91. The molecule has 13 heavy (non-hydrogen) atoms. The summed E-state index contributed by atoms with van der Waals surface area (Å²) in [4.78, 5) is 7.92. The van der Waals surface area contributed by atoms with Gasteiger partial charge in [-0.2, -0.15) is 0 Å². The van der Waals surface area contributed by atoms with E-state index in [1.54, 1.807) is 13.0 Å². The van der Waals surface area contributed by atoms with Crippen molar-refractivity contribution in [1.82, 2.24) is 9.97 Å². The van der Waals surface area contributed by atoms with E-state index in [0.29, 0.717) is 16.6 Å². The summed E-state index contributed by atoms with van der Waals surface area (Å²) in [5.41, 5.74) is 6.82. The Morgan fingerprint density at radius 2 is 2.08 bits per heavy atom. The quantitative estimate of drug-likeness (QED) is 0.665. The molecule has 3 nitrogen and oxygen atoms in total. The van der Waals surface area contributed by atoms with E-state index in [9.17, 15) is 4.39 Å². The summed E-state index contributed by atoms with van der Waals surface area (Å²) >= 11 is 0. The van der Waals surface area contributed by atoms with Gasteiger partial charge in [-0.3, -0.25) is 0 Å². The Kier molecular flexibility index (Phi) is 1.62. The average molecular weight is 177 g/mol. The van der Waals surface area contributed by atoms with Crippen molar-refractivity contribution in [2.45, 2.75) is 6.92 Å². The van der Waals surface area contributed by atoms with Gasteiger partial charge in [-0.25, -0.2) is 14.4 Å².